The molecule has 0 fully saturated rings. The Morgan fingerprint density at radius 2 is 1.68 bits per heavy atom. The van der Waals surface area contributed by atoms with Crippen LogP contribution >= 0.6 is 11.3 Å². The van der Waals surface area contributed by atoms with Gasteiger partial charge in [-0.05, 0) is 68.0 Å². The highest BCUT2D eigenvalue weighted by Crippen LogP contribution is 2.29. The van der Waals surface area contributed by atoms with Crippen molar-refractivity contribution in [2.75, 3.05) is 19.8 Å². The van der Waals surface area contributed by atoms with Crippen LogP contribution in [0.25, 0.3) is 10.2 Å². The molecule has 0 saturated heterocycles. The lowest BCUT2D eigenvalue weighted by Crippen LogP contribution is -2.28. The third-order valence-corrected chi connectivity index (χ3v) is 6.58. The van der Waals surface area contributed by atoms with E-state index in [0.29, 0.717) is 38.4 Å². The number of nitrogens with one attached hydrogen (secondary N) is 1. The molecule has 2 aromatic carbocycles. The standard InChI is InChI=1S/C27H30N2O3S.C2HF3O2/c1-4-31-24-10-9-20(16-25(24)32-5-2)11-13-28-27(30)23-17-26-22(12-14-33-26)29(23)18-21-8-6-7-19(3)15-21;3-2(4,5)1(6)7/h6-10,12,14-17H,4-5,11,13,18H2,1-3H3,(H,28,30);(H,6,7). The molecular weight excluding hydrogens is 545 g/mol. The zero-order chi connectivity index (χ0) is 29.3. The number of nitrogens with zero attached hydrogens (tertiary/aromatic N) is 1. The topological polar surface area (TPSA) is 89.8 Å². The highest BCUT2D eigenvalue weighted by molar-refractivity contribution is 7.17. The molecule has 2 aromatic heterocycles. The number of amides is 1. The molecule has 0 aliphatic rings. The van der Waals surface area contributed by atoms with E-state index >= 15 is 0 Å². The summed E-state index contributed by atoms with van der Waals surface area (Å²) in [6, 6.07) is 18.5. The molecule has 0 aliphatic carbocycles. The average molecular weight is 577 g/mol. The minimum atomic E-state index is -5.08. The Morgan fingerprint density at radius 1 is 0.975 bits per heavy atom. The SMILES string of the molecule is CCOc1ccc(CCNC(=O)c2cc3sccc3n2Cc2cccc(C)c2)cc1OCC.O=C(O)C(F)(F)F. The molecule has 7 nitrogen and oxygen atoms in total. The fraction of sp³-hybridized carbons (Fsp3) is 0.310. The van der Waals surface area contributed by atoms with Gasteiger partial charge >= 0.3 is 12.1 Å². The zero-order valence-corrected chi connectivity index (χ0v) is 23.2. The van der Waals surface area contributed by atoms with Crippen molar-refractivity contribution in [3.05, 3.63) is 82.4 Å². The van der Waals surface area contributed by atoms with E-state index < -0.39 is 12.1 Å². The maximum atomic E-state index is 13.1. The monoisotopic (exact) mass is 576 g/mol. The van der Waals surface area contributed by atoms with Crippen LogP contribution in [0.2, 0.25) is 0 Å². The van der Waals surface area contributed by atoms with E-state index in [4.69, 9.17) is 19.4 Å². The second-order valence-electron chi connectivity index (χ2n) is 8.73. The molecule has 1 amide bonds. The predicted octanol–water partition coefficient (Wildman–Crippen LogP) is 6.46. The molecule has 0 radical (unpaired) electrons. The van der Waals surface area contributed by atoms with Gasteiger partial charge in [0.1, 0.15) is 5.69 Å². The Balaban J connectivity index is 0.000000559. The van der Waals surface area contributed by atoms with Gasteiger partial charge in [-0.25, -0.2) is 4.79 Å². The second kappa shape index (κ2) is 13.9. The molecule has 0 unspecified atom stereocenters. The number of alkyl halides is 3. The van der Waals surface area contributed by atoms with Gasteiger partial charge in [0, 0.05) is 13.1 Å². The van der Waals surface area contributed by atoms with Gasteiger partial charge in [0.25, 0.3) is 5.91 Å². The highest BCUT2D eigenvalue weighted by Gasteiger charge is 2.38. The first-order chi connectivity index (χ1) is 19.0. The quantitative estimate of drug-likeness (QED) is 0.226. The van der Waals surface area contributed by atoms with E-state index in [1.807, 2.05) is 38.1 Å². The lowest BCUT2D eigenvalue weighted by Gasteiger charge is -2.13. The van der Waals surface area contributed by atoms with Crippen LogP contribution in [0.5, 0.6) is 11.5 Å². The summed E-state index contributed by atoms with van der Waals surface area (Å²) in [5, 5.41) is 12.3. The number of benzene rings is 2. The van der Waals surface area contributed by atoms with E-state index in [-0.39, 0.29) is 5.91 Å². The number of aliphatic carboxylic acids is 1. The number of rotatable bonds is 10. The van der Waals surface area contributed by atoms with E-state index in [1.165, 1.54) is 11.1 Å². The van der Waals surface area contributed by atoms with E-state index in [2.05, 4.69) is 52.5 Å². The van der Waals surface area contributed by atoms with Gasteiger partial charge in [0.15, 0.2) is 11.5 Å². The number of hydrogen-bond acceptors (Lipinski definition) is 5. The number of thiophene rings is 1. The summed E-state index contributed by atoms with van der Waals surface area (Å²) in [6.07, 6.45) is -4.37. The predicted molar refractivity (Wildman–Crippen MR) is 149 cm³/mol. The smallest absolute Gasteiger partial charge is 0.490 e. The lowest BCUT2D eigenvalue weighted by molar-refractivity contribution is -0.192. The van der Waals surface area contributed by atoms with Gasteiger partial charge in [0.05, 0.1) is 23.4 Å². The summed E-state index contributed by atoms with van der Waals surface area (Å²) < 4.78 is 46.3. The van der Waals surface area contributed by atoms with Crippen molar-refractivity contribution < 1.29 is 37.3 Å². The van der Waals surface area contributed by atoms with Crippen LogP contribution in [0, 0.1) is 6.92 Å². The number of carbonyl (C=O) groups is 2. The molecule has 11 heteroatoms. The Hall–Kier alpha value is -3.99. The number of carbonyl (C=O) groups excluding carboxylic acids is 1. The molecule has 40 heavy (non-hydrogen) atoms. The van der Waals surface area contributed by atoms with Gasteiger partial charge in [-0.2, -0.15) is 13.2 Å². The normalized spacial score (nSPS) is 11.1. The van der Waals surface area contributed by atoms with Crippen molar-refractivity contribution in [3.63, 3.8) is 0 Å². The molecule has 214 valence electrons. The number of aromatic nitrogens is 1. The number of halogens is 3. The van der Waals surface area contributed by atoms with Crippen molar-refractivity contribution in [1.29, 1.82) is 0 Å². The molecule has 4 rings (SSSR count). The summed E-state index contributed by atoms with van der Waals surface area (Å²) in [5.41, 5.74) is 5.29. The molecule has 0 spiro atoms. The number of aryl methyl sites for hydroxylation is 1. The van der Waals surface area contributed by atoms with Gasteiger partial charge < -0.3 is 24.5 Å². The maximum absolute atomic E-state index is 13.1. The Morgan fingerprint density at radius 3 is 2.33 bits per heavy atom. The van der Waals surface area contributed by atoms with E-state index in [0.717, 1.165) is 27.3 Å². The van der Waals surface area contributed by atoms with Crippen molar-refractivity contribution >= 4 is 33.4 Å². The van der Waals surface area contributed by atoms with Crippen molar-refractivity contribution in [2.24, 2.45) is 0 Å². The fourth-order valence-electron chi connectivity index (χ4n) is 3.99. The van der Waals surface area contributed by atoms with Gasteiger partial charge in [0.2, 0.25) is 0 Å². The average Bonchev–Trinajstić information content (AvgIpc) is 3.48. The number of carboxylic acids is 1. The summed E-state index contributed by atoms with van der Waals surface area (Å²) in [7, 11) is 0. The molecule has 2 N–H and O–H groups in total. The number of fused-ring (bicyclic) bond motifs is 1. The van der Waals surface area contributed by atoms with E-state index in [1.54, 1.807) is 11.3 Å². The van der Waals surface area contributed by atoms with Crippen molar-refractivity contribution in [1.82, 2.24) is 9.88 Å². The molecule has 0 saturated carbocycles. The van der Waals surface area contributed by atoms with Crippen LogP contribution in [-0.4, -0.2) is 47.5 Å². The first-order valence-electron chi connectivity index (χ1n) is 12.6. The number of carboxylic acid groups (broad SMARTS) is 1. The van der Waals surface area contributed by atoms with Crippen LogP contribution in [0.1, 0.15) is 41.0 Å². The molecule has 0 bridgehead atoms. The van der Waals surface area contributed by atoms with Crippen LogP contribution in [-0.2, 0) is 17.8 Å². The van der Waals surface area contributed by atoms with Crippen molar-refractivity contribution in [2.45, 2.75) is 39.9 Å². The molecule has 2 heterocycles. The second-order valence-corrected chi connectivity index (χ2v) is 9.68. The van der Waals surface area contributed by atoms with Gasteiger partial charge in [-0.15, -0.1) is 11.3 Å². The van der Waals surface area contributed by atoms with Gasteiger partial charge in [-0.1, -0.05) is 35.9 Å². The number of ether oxygens (including phenoxy) is 2. The zero-order valence-electron chi connectivity index (χ0n) is 22.4. The molecule has 4 aromatic rings. The van der Waals surface area contributed by atoms with Crippen molar-refractivity contribution in [3.8, 4) is 11.5 Å². The summed E-state index contributed by atoms with van der Waals surface area (Å²) >= 11 is 1.66. The minimum absolute atomic E-state index is 0.0537. The first-order valence-corrected chi connectivity index (χ1v) is 13.5. The highest BCUT2D eigenvalue weighted by atomic mass is 32.1. The van der Waals surface area contributed by atoms with Crippen LogP contribution < -0.4 is 14.8 Å². The lowest BCUT2D eigenvalue weighted by atomic mass is 10.1. The molecule has 0 aliphatic heterocycles. The Bertz CT molecular complexity index is 1450. The molecular formula is C29H31F3N2O5S. The van der Waals surface area contributed by atoms with Crippen LogP contribution in [0.15, 0.2) is 60.0 Å². The number of hydrogen-bond donors (Lipinski definition) is 2. The largest absolute Gasteiger partial charge is 0.490 e. The summed E-state index contributed by atoms with van der Waals surface area (Å²) in [4.78, 5) is 22.0. The first kappa shape index (κ1) is 30.6. The summed E-state index contributed by atoms with van der Waals surface area (Å²) in [5.74, 6) is -1.31. The van der Waals surface area contributed by atoms with E-state index in [9.17, 15) is 18.0 Å². The third kappa shape index (κ3) is 8.25. The van der Waals surface area contributed by atoms with Crippen LogP contribution in [0.3, 0.4) is 0 Å². The maximum Gasteiger partial charge on any atom is 0.490 e. The minimum Gasteiger partial charge on any atom is -0.490 e. The Labute approximate surface area is 234 Å². The van der Waals surface area contributed by atoms with Crippen LogP contribution in [0.4, 0.5) is 13.2 Å². The third-order valence-electron chi connectivity index (χ3n) is 5.73. The fourth-order valence-corrected chi connectivity index (χ4v) is 4.81. The molecule has 0 atom stereocenters. The Kier molecular flexibility index (Phi) is 10.6. The summed E-state index contributed by atoms with van der Waals surface area (Å²) in [6.45, 7) is 8.38. The van der Waals surface area contributed by atoms with Gasteiger partial charge in [-0.3, -0.25) is 4.79 Å².